The van der Waals surface area contributed by atoms with Crippen LogP contribution in [0.4, 0.5) is 0 Å². The molecule has 4 nitrogen and oxygen atoms in total. The predicted octanol–water partition coefficient (Wildman–Crippen LogP) is 9.11. The van der Waals surface area contributed by atoms with Gasteiger partial charge in [-0.3, -0.25) is 4.79 Å². The van der Waals surface area contributed by atoms with Gasteiger partial charge in [-0.25, -0.2) is 0 Å². The van der Waals surface area contributed by atoms with Gasteiger partial charge in [0.15, 0.2) is 6.29 Å². The molecule has 1 aliphatic rings. The van der Waals surface area contributed by atoms with E-state index in [0.717, 1.165) is 50.8 Å². The van der Waals surface area contributed by atoms with E-state index in [4.69, 9.17) is 25.8 Å². The van der Waals surface area contributed by atoms with Crippen molar-refractivity contribution in [3.05, 3.63) is 0 Å². The topological polar surface area (TPSA) is 44.8 Å². The fourth-order valence-electron chi connectivity index (χ4n) is 4.86. The molecule has 0 bridgehead atoms. The second-order valence-corrected chi connectivity index (χ2v) is 10.4. The number of hydrogen-bond acceptors (Lipinski definition) is 4. The number of carbonyl (C=O) groups excluding carboxylic acids is 1. The highest BCUT2D eigenvalue weighted by Crippen LogP contribution is 2.30. The van der Waals surface area contributed by atoms with E-state index in [-0.39, 0.29) is 18.4 Å². The average Bonchev–Trinajstić information content (AvgIpc) is 3.21. The van der Waals surface area contributed by atoms with Crippen LogP contribution in [0.25, 0.3) is 0 Å². The molecular weight excluding hydrogens is 448 g/mol. The maximum atomic E-state index is 11.3. The van der Waals surface area contributed by atoms with E-state index >= 15 is 0 Å². The average molecular weight is 503 g/mol. The Kier molecular flexibility index (Phi) is 21.5. The second kappa shape index (κ2) is 23.1. The van der Waals surface area contributed by atoms with Crippen molar-refractivity contribution < 1.29 is 19.0 Å². The quantitative estimate of drug-likeness (QED) is 0.0749. The largest absolute Gasteiger partial charge is 0.466 e. The maximum Gasteiger partial charge on any atom is 0.305 e. The minimum absolute atomic E-state index is 0.0119. The first-order valence-electron chi connectivity index (χ1n) is 14.7. The molecular formula is C29H55ClO4. The molecule has 0 aromatic carbocycles. The van der Waals surface area contributed by atoms with E-state index in [1.807, 2.05) is 6.92 Å². The van der Waals surface area contributed by atoms with Crippen LogP contribution in [0, 0.1) is 0 Å². The van der Waals surface area contributed by atoms with E-state index in [0.29, 0.717) is 19.1 Å². The first-order chi connectivity index (χ1) is 16.7. The van der Waals surface area contributed by atoms with Crippen molar-refractivity contribution in [2.45, 2.75) is 167 Å². The number of carbonyl (C=O) groups is 1. The maximum absolute atomic E-state index is 11.3. The zero-order valence-corrected chi connectivity index (χ0v) is 23.3. The third-order valence-corrected chi connectivity index (χ3v) is 7.18. The van der Waals surface area contributed by atoms with E-state index in [9.17, 15) is 4.79 Å². The van der Waals surface area contributed by atoms with E-state index < -0.39 is 0 Å². The second-order valence-electron chi connectivity index (χ2n) is 10.0. The van der Waals surface area contributed by atoms with E-state index in [2.05, 4.69) is 6.92 Å². The van der Waals surface area contributed by atoms with Gasteiger partial charge in [0, 0.05) is 12.3 Å². The molecule has 34 heavy (non-hydrogen) atoms. The highest BCUT2D eigenvalue weighted by molar-refractivity contribution is 6.17. The van der Waals surface area contributed by atoms with E-state index in [1.165, 1.54) is 83.5 Å². The SMILES string of the molecule is CCCCCCCCC1OC(CCCCCl)OC1CCCCCCCCCCCC(=O)OCC. The Hall–Kier alpha value is -0.320. The van der Waals surface area contributed by atoms with Crippen LogP contribution in [0.15, 0.2) is 0 Å². The lowest BCUT2D eigenvalue weighted by molar-refractivity contribution is -0.143. The normalized spacial score (nSPS) is 20.1. The Labute approximate surface area is 216 Å². The van der Waals surface area contributed by atoms with Gasteiger partial charge in [0.05, 0.1) is 18.8 Å². The fourth-order valence-corrected chi connectivity index (χ4v) is 5.05. The smallest absolute Gasteiger partial charge is 0.305 e. The Morgan fingerprint density at radius 2 is 1.12 bits per heavy atom. The first kappa shape index (κ1) is 31.7. The first-order valence-corrected chi connectivity index (χ1v) is 15.3. The molecule has 1 heterocycles. The van der Waals surface area contributed by atoms with Crippen molar-refractivity contribution in [1.82, 2.24) is 0 Å². The van der Waals surface area contributed by atoms with Crippen LogP contribution in [-0.2, 0) is 19.0 Å². The number of rotatable bonds is 24. The standard InChI is InChI=1S/C29H55ClO4/c1-3-5-6-7-13-16-21-26-27(34-29(33-26)24-19-20-25-30)22-17-14-11-9-8-10-12-15-18-23-28(31)32-4-2/h26-27,29H,3-25H2,1-2H3. The predicted molar refractivity (Wildman–Crippen MR) is 144 cm³/mol. The number of unbranched alkanes of at least 4 members (excludes halogenated alkanes) is 14. The monoisotopic (exact) mass is 502 g/mol. The molecule has 1 fully saturated rings. The zero-order valence-electron chi connectivity index (χ0n) is 22.5. The minimum atomic E-state index is -0.0464. The van der Waals surface area contributed by atoms with Crippen LogP contribution < -0.4 is 0 Å². The molecule has 202 valence electrons. The summed E-state index contributed by atoms with van der Waals surface area (Å²) in [5, 5.41) is 0. The van der Waals surface area contributed by atoms with Crippen molar-refractivity contribution in [2.75, 3.05) is 12.5 Å². The summed E-state index contributed by atoms with van der Waals surface area (Å²) in [7, 11) is 0. The van der Waals surface area contributed by atoms with Crippen LogP contribution in [-0.4, -0.2) is 37.0 Å². The molecule has 0 amide bonds. The van der Waals surface area contributed by atoms with Gasteiger partial charge in [-0.15, -0.1) is 11.6 Å². The Morgan fingerprint density at radius 1 is 0.647 bits per heavy atom. The zero-order chi connectivity index (χ0) is 24.7. The van der Waals surface area contributed by atoms with Crippen molar-refractivity contribution >= 4 is 17.6 Å². The van der Waals surface area contributed by atoms with Crippen LogP contribution in [0.2, 0.25) is 0 Å². The summed E-state index contributed by atoms with van der Waals surface area (Å²) in [4.78, 5) is 11.3. The Morgan fingerprint density at radius 3 is 1.62 bits per heavy atom. The molecule has 1 saturated heterocycles. The van der Waals surface area contributed by atoms with Crippen molar-refractivity contribution in [3.63, 3.8) is 0 Å². The molecule has 0 radical (unpaired) electrons. The van der Waals surface area contributed by atoms with Gasteiger partial charge in [-0.1, -0.05) is 96.8 Å². The van der Waals surface area contributed by atoms with Crippen LogP contribution in [0.1, 0.15) is 149 Å². The number of esters is 1. The molecule has 3 unspecified atom stereocenters. The van der Waals surface area contributed by atoms with Crippen LogP contribution in [0.3, 0.4) is 0 Å². The summed E-state index contributed by atoms with van der Waals surface area (Å²) in [6, 6.07) is 0. The molecule has 0 N–H and O–H groups in total. The van der Waals surface area contributed by atoms with Gasteiger partial charge in [0.25, 0.3) is 0 Å². The summed E-state index contributed by atoms with van der Waals surface area (Å²) in [5.41, 5.74) is 0. The van der Waals surface area contributed by atoms with Gasteiger partial charge in [-0.05, 0) is 45.4 Å². The summed E-state index contributed by atoms with van der Waals surface area (Å²) >= 11 is 5.84. The van der Waals surface area contributed by atoms with Gasteiger partial charge >= 0.3 is 5.97 Å². The Bertz CT molecular complexity index is 459. The highest BCUT2D eigenvalue weighted by atomic mass is 35.5. The van der Waals surface area contributed by atoms with E-state index in [1.54, 1.807) is 0 Å². The minimum Gasteiger partial charge on any atom is -0.466 e. The third kappa shape index (κ3) is 17.2. The molecule has 0 saturated carbocycles. The lowest BCUT2D eigenvalue weighted by Gasteiger charge is -2.16. The molecule has 0 aromatic heterocycles. The fraction of sp³-hybridized carbons (Fsp3) is 0.966. The molecule has 0 aromatic rings. The molecule has 0 spiro atoms. The van der Waals surface area contributed by atoms with Crippen molar-refractivity contribution in [3.8, 4) is 0 Å². The number of halogens is 1. The summed E-state index contributed by atoms with van der Waals surface area (Å²) in [5.74, 6) is 0.681. The van der Waals surface area contributed by atoms with Gasteiger partial charge < -0.3 is 14.2 Å². The van der Waals surface area contributed by atoms with Crippen LogP contribution in [0.5, 0.6) is 0 Å². The third-order valence-electron chi connectivity index (χ3n) is 6.91. The lowest BCUT2D eigenvalue weighted by Crippen LogP contribution is -2.22. The summed E-state index contributed by atoms with van der Waals surface area (Å²) < 4.78 is 17.6. The number of hydrogen-bond donors (Lipinski definition) is 0. The summed E-state index contributed by atoms with van der Waals surface area (Å²) in [6.07, 6.45) is 25.7. The highest BCUT2D eigenvalue weighted by Gasteiger charge is 2.34. The van der Waals surface area contributed by atoms with Gasteiger partial charge in [0.2, 0.25) is 0 Å². The van der Waals surface area contributed by atoms with Crippen molar-refractivity contribution in [1.29, 1.82) is 0 Å². The van der Waals surface area contributed by atoms with Gasteiger partial charge in [-0.2, -0.15) is 0 Å². The molecule has 1 rings (SSSR count). The molecule has 1 aliphatic heterocycles. The molecule has 3 atom stereocenters. The summed E-state index contributed by atoms with van der Waals surface area (Å²) in [6.45, 7) is 4.63. The Balaban J connectivity index is 2.10. The number of alkyl halides is 1. The lowest BCUT2D eigenvalue weighted by atomic mass is 9.99. The van der Waals surface area contributed by atoms with Crippen molar-refractivity contribution in [2.24, 2.45) is 0 Å². The molecule has 0 aliphatic carbocycles. The van der Waals surface area contributed by atoms with Crippen LogP contribution >= 0.6 is 11.6 Å². The number of ether oxygens (including phenoxy) is 3. The molecule has 5 heteroatoms. The van der Waals surface area contributed by atoms with Gasteiger partial charge in [0.1, 0.15) is 0 Å².